The fourth-order valence-electron chi connectivity index (χ4n) is 2.00. The van der Waals surface area contributed by atoms with Crippen LogP contribution < -0.4 is 9.64 Å². The molecule has 0 amide bonds. The van der Waals surface area contributed by atoms with E-state index in [9.17, 15) is 4.79 Å². The zero-order valence-electron chi connectivity index (χ0n) is 12.3. The molecule has 0 bridgehead atoms. The lowest BCUT2D eigenvalue weighted by Gasteiger charge is -2.23. The van der Waals surface area contributed by atoms with Crippen LogP contribution >= 0.6 is 0 Å². The van der Waals surface area contributed by atoms with Crippen molar-refractivity contribution >= 4 is 11.7 Å². The SMILES string of the molecule is COc1ccc(N(C)CC(C)C(=O)O)cc1C(C)C. The number of benzene rings is 1. The molecule has 0 aromatic heterocycles. The van der Waals surface area contributed by atoms with Gasteiger partial charge in [-0.3, -0.25) is 4.79 Å². The summed E-state index contributed by atoms with van der Waals surface area (Å²) in [4.78, 5) is 12.9. The molecule has 106 valence electrons. The molecule has 0 heterocycles. The van der Waals surface area contributed by atoms with Gasteiger partial charge in [0.25, 0.3) is 0 Å². The summed E-state index contributed by atoms with van der Waals surface area (Å²) in [5, 5.41) is 8.96. The minimum absolute atomic E-state index is 0.361. The van der Waals surface area contributed by atoms with Gasteiger partial charge in [0.1, 0.15) is 5.75 Å². The van der Waals surface area contributed by atoms with Gasteiger partial charge in [0.2, 0.25) is 0 Å². The lowest BCUT2D eigenvalue weighted by atomic mass is 10.0. The van der Waals surface area contributed by atoms with Gasteiger partial charge in [-0.05, 0) is 29.7 Å². The molecule has 1 aromatic carbocycles. The second-order valence-electron chi connectivity index (χ2n) is 5.20. The first-order valence-corrected chi connectivity index (χ1v) is 6.48. The summed E-state index contributed by atoms with van der Waals surface area (Å²) in [6, 6.07) is 5.96. The number of nitrogens with zero attached hydrogens (tertiary/aromatic N) is 1. The standard InChI is InChI=1S/C15H23NO3/c1-10(2)13-8-12(6-7-14(13)19-5)16(4)9-11(3)15(17)18/h6-8,10-11H,9H2,1-5H3,(H,17,18). The number of aliphatic carboxylic acids is 1. The minimum Gasteiger partial charge on any atom is -0.496 e. The third-order valence-electron chi connectivity index (χ3n) is 3.25. The van der Waals surface area contributed by atoms with Crippen LogP contribution in [0.25, 0.3) is 0 Å². The summed E-state index contributed by atoms with van der Waals surface area (Å²) in [7, 11) is 3.57. The predicted octanol–water partition coefficient (Wildman–Crippen LogP) is 2.98. The van der Waals surface area contributed by atoms with E-state index in [0.717, 1.165) is 17.0 Å². The minimum atomic E-state index is -0.774. The Morgan fingerprint density at radius 1 is 1.37 bits per heavy atom. The van der Waals surface area contributed by atoms with E-state index in [4.69, 9.17) is 9.84 Å². The van der Waals surface area contributed by atoms with Gasteiger partial charge in [0, 0.05) is 19.3 Å². The molecule has 0 radical (unpaired) electrons. The van der Waals surface area contributed by atoms with E-state index in [-0.39, 0.29) is 0 Å². The largest absolute Gasteiger partial charge is 0.496 e. The molecule has 0 saturated heterocycles. The van der Waals surface area contributed by atoms with Crippen molar-refractivity contribution in [3.8, 4) is 5.75 Å². The average molecular weight is 265 g/mol. The lowest BCUT2D eigenvalue weighted by Crippen LogP contribution is -2.28. The molecular formula is C15H23NO3. The van der Waals surface area contributed by atoms with Gasteiger partial charge < -0.3 is 14.7 Å². The van der Waals surface area contributed by atoms with E-state index < -0.39 is 11.9 Å². The fourth-order valence-corrected chi connectivity index (χ4v) is 2.00. The van der Waals surface area contributed by atoms with Gasteiger partial charge in [-0.2, -0.15) is 0 Å². The van der Waals surface area contributed by atoms with Gasteiger partial charge in [-0.15, -0.1) is 0 Å². The Morgan fingerprint density at radius 2 is 2.00 bits per heavy atom. The Morgan fingerprint density at radius 3 is 2.47 bits per heavy atom. The number of methoxy groups -OCH3 is 1. The Kier molecular flexibility index (Phi) is 5.21. The third-order valence-corrected chi connectivity index (χ3v) is 3.25. The van der Waals surface area contributed by atoms with Crippen molar-refractivity contribution in [2.24, 2.45) is 5.92 Å². The molecule has 19 heavy (non-hydrogen) atoms. The Bertz CT molecular complexity index is 443. The molecule has 0 spiro atoms. The lowest BCUT2D eigenvalue weighted by molar-refractivity contribution is -0.140. The molecule has 0 aliphatic heterocycles. The molecule has 0 saturated carbocycles. The fraction of sp³-hybridized carbons (Fsp3) is 0.533. The highest BCUT2D eigenvalue weighted by Gasteiger charge is 2.15. The zero-order valence-corrected chi connectivity index (χ0v) is 12.3. The van der Waals surface area contributed by atoms with E-state index >= 15 is 0 Å². The van der Waals surface area contributed by atoms with E-state index in [1.54, 1.807) is 14.0 Å². The number of anilines is 1. The smallest absolute Gasteiger partial charge is 0.308 e. The van der Waals surface area contributed by atoms with Gasteiger partial charge in [-0.1, -0.05) is 20.8 Å². The number of carboxylic acid groups (broad SMARTS) is 1. The van der Waals surface area contributed by atoms with Crippen molar-refractivity contribution in [3.05, 3.63) is 23.8 Å². The number of carboxylic acids is 1. The quantitative estimate of drug-likeness (QED) is 0.859. The molecule has 1 atom stereocenters. The highest BCUT2D eigenvalue weighted by molar-refractivity contribution is 5.70. The predicted molar refractivity (Wildman–Crippen MR) is 77.2 cm³/mol. The van der Waals surface area contributed by atoms with Crippen molar-refractivity contribution in [2.45, 2.75) is 26.7 Å². The summed E-state index contributed by atoms with van der Waals surface area (Å²) in [5.41, 5.74) is 2.15. The van der Waals surface area contributed by atoms with E-state index in [1.165, 1.54) is 0 Å². The van der Waals surface area contributed by atoms with Crippen LogP contribution in [0.2, 0.25) is 0 Å². The summed E-state index contributed by atoms with van der Waals surface area (Å²) >= 11 is 0. The zero-order chi connectivity index (χ0) is 14.6. The van der Waals surface area contributed by atoms with Crippen LogP contribution in [0.1, 0.15) is 32.3 Å². The van der Waals surface area contributed by atoms with Crippen molar-refractivity contribution in [1.82, 2.24) is 0 Å². The van der Waals surface area contributed by atoms with Gasteiger partial charge >= 0.3 is 5.97 Å². The summed E-state index contributed by atoms with van der Waals surface area (Å²) in [6.45, 7) is 6.42. The molecule has 1 N–H and O–H groups in total. The van der Waals surface area contributed by atoms with Crippen molar-refractivity contribution < 1.29 is 14.6 Å². The maximum atomic E-state index is 10.9. The summed E-state index contributed by atoms with van der Waals surface area (Å²) < 4.78 is 5.35. The van der Waals surface area contributed by atoms with Crippen molar-refractivity contribution in [1.29, 1.82) is 0 Å². The normalized spacial score (nSPS) is 12.3. The maximum Gasteiger partial charge on any atom is 0.308 e. The average Bonchev–Trinajstić information content (AvgIpc) is 2.37. The number of hydrogen-bond acceptors (Lipinski definition) is 3. The van der Waals surface area contributed by atoms with Crippen molar-refractivity contribution in [2.75, 3.05) is 25.6 Å². The molecule has 0 aliphatic rings. The molecule has 1 aromatic rings. The topological polar surface area (TPSA) is 49.8 Å². The molecule has 1 rings (SSSR count). The van der Waals surface area contributed by atoms with Crippen LogP contribution in [0.5, 0.6) is 5.75 Å². The van der Waals surface area contributed by atoms with E-state index in [1.807, 2.05) is 24.1 Å². The molecule has 4 heteroatoms. The number of ether oxygens (including phenoxy) is 1. The highest BCUT2D eigenvalue weighted by Crippen LogP contribution is 2.30. The summed E-state index contributed by atoms with van der Waals surface area (Å²) in [5.74, 6) is 0.0673. The molecular weight excluding hydrogens is 242 g/mol. The van der Waals surface area contributed by atoms with Crippen LogP contribution in [0, 0.1) is 5.92 Å². The second-order valence-corrected chi connectivity index (χ2v) is 5.20. The molecule has 0 fully saturated rings. The molecule has 0 aliphatic carbocycles. The van der Waals surface area contributed by atoms with Gasteiger partial charge in [0.15, 0.2) is 0 Å². The molecule has 1 unspecified atom stereocenters. The summed E-state index contributed by atoms with van der Waals surface area (Å²) in [6.07, 6.45) is 0. The second kappa shape index (κ2) is 6.45. The Labute approximate surface area is 115 Å². The van der Waals surface area contributed by atoms with Crippen LogP contribution in [0.4, 0.5) is 5.69 Å². The monoisotopic (exact) mass is 265 g/mol. The number of carbonyl (C=O) groups is 1. The first-order chi connectivity index (χ1) is 8.86. The van der Waals surface area contributed by atoms with Crippen LogP contribution in [0.3, 0.4) is 0 Å². The maximum absolute atomic E-state index is 10.9. The first kappa shape index (κ1) is 15.3. The van der Waals surface area contributed by atoms with E-state index in [0.29, 0.717) is 12.5 Å². The third kappa shape index (κ3) is 3.88. The van der Waals surface area contributed by atoms with Crippen LogP contribution in [-0.4, -0.2) is 31.8 Å². The highest BCUT2D eigenvalue weighted by atomic mass is 16.5. The Hall–Kier alpha value is -1.71. The number of hydrogen-bond donors (Lipinski definition) is 1. The van der Waals surface area contributed by atoms with Gasteiger partial charge in [0.05, 0.1) is 13.0 Å². The molecule has 4 nitrogen and oxygen atoms in total. The van der Waals surface area contributed by atoms with E-state index in [2.05, 4.69) is 19.9 Å². The number of rotatable bonds is 6. The van der Waals surface area contributed by atoms with Crippen LogP contribution in [0.15, 0.2) is 18.2 Å². The Balaban J connectivity index is 2.95. The first-order valence-electron chi connectivity index (χ1n) is 6.48. The van der Waals surface area contributed by atoms with Gasteiger partial charge in [-0.25, -0.2) is 0 Å². The van der Waals surface area contributed by atoms with Crippen LogP contribution in [-0.2, 0) is 4.79 Å². The van der Waals surface area contributed by atoms with Crippen molar-refractivity contribution in [3.63, 3.8) is 0 Å².